The molecular formula is C14H16N6S2. The summed E-state index contributed by atoms with van der Waals surface area (Å²) < 4.78 is 2.51. The molecule has 1 atom stereocenters. The second kappa shape index (κ2) is 5.45. The summed E-state index contributed by atoms with van der Waals surface area (Å²) in [7, 11) is 0. The van der Waals surface area contributed by atoms with Crippen molar-refractivity contribution in [2.24, 2.45) is 0 Å². The van der Waals surface area contributed by atoms with E-state index in [0.29, 0.717) is 16.5 Å². The van der Waals surface area contributed by atoms with Gasteiger partial charge in [0.05, 0.1) is 4.88 Å². The minimum atomic E-state index is 0.450. The van der Waals surface area contributed by atoms with Crippen LogP contribution >= 0.6 is 23.6 Å². The van der Waals surface area contributed by atoms with Crippen LogP contribution < -0.4 is 10.2 Å². The van der Waals surface area contributed by atoms with E-state index in [9.17, 15) is 0 Å². The predicted octanol–water partition coefficient (Wildman–Crippen LogP) is 2.31. The van der Waals surface area contributed by atoms with E-state index in [4.69, 9.17) is 12.2 Å². The molecule has 4 heterocycles. The number of hydrogen-bond acceptors (Lipinski definition) is 6. The van der Waals surface area contributed by atoms with Crippen LogP contribution in [-0.2, 0) is 0 Å². The summed E-state index contributed by atoms with van der Waals surface area (Å²) in [4.78, 5) is 12.4. The quantitative estimate of drug-likeness (QED) is 0.705. The molecule has 1 aliphatic heterocycles. The van der Waals surface area contributed by atoms with Crippen molar-refractivity contribution in [1.29, 1.82) is 0 Å². The Kier molecular flexibility index (Phi) is 3.44. The first-order valence-corrected chi connectivity index (χ1v) is 8.51. The number of aromatic amines is 1. The van der Waals surface area contributed by atoms with Crippen molar-refractivity contribution in [2.45, 2.75) is 13.0 Å². The lowest BCUT2D eigenvalue weighted by atomic mass is 10.2. The fourth-order valence-corrected chi connectivity index (χ4v) is 3.62. The predicted molar refractivity (Wildman–Crippen MR) is 91.2 cm³/mol. The van der Waals surface area contributed by atoms with E-state index < -0.39 is 0 Å². The minimum absolute atomic E-state index is 0.450. The van der Waals surface area contributed by atoms with Crippen molar-refractivity contribution in [2.75, 3.05) is 24.5 Å². The Hall–Kier alpha value is -1.77. The first kappa shape index (κ1) is 13.9. The molecule has 22 heavy (non-hydrogen) atoms. The standard InChI is InChI=1S/C14H16N6S2/c1-9-8-19(5-4-15-9)12-7-11(21)16-14-17-13(18-20(12)14)10-3-2-6-22-10/h2-3,6-7,9,15H,4-5,8H2,1H3,(H,16,17,18,21). The Morgan fingerprint density at radius 2 is 2.32 bits per heavy atom. The van der Waals surface area contributed by atoms with Crippen molar-refractivity contribution < 1.29 is 0 Å². The number of fused-ring (bicyclic) bond motifs is 1. The van der Waals surface area contributed by atoms with Gasteiger partial charge in [-0.05, 0) is 18.4 Å². The van der Waals surface area contributed by atoms with Gasteiger partial charge in [0.1, 0.15) is 10.5 Å². The maximum absolute atomic E-state index is 5.32. The average Bonchev–Trinajstić information content (AvgIpc) is 3.15. The van der Waals surface area contributed by atoms with Gasteiger partial charge in [0.15, 0.2) is 5.82 Å². The Morgan fingerprint density at radius 1 is 1.41 bits per heavy atom. The average molecular weight is 332 g/mol. The van der Waals surface area contributed by atoms with Gasteiger partial charge in [-0.1, -0.05) is 18.3 Å². The van der Waals surface area contributed by atoms with Gasteiger partial charge in [-0.25, -0.2) is 4.52 Å². The summed E-state index contributed by atoms with van der Waals surface area (Å²) in [5, 5.41) is 8.85. The summed E-state index contributed by atoms with van der Waals surface area (Å²) >= 11 is 6.97. The van der Waals surface area contributed by atoms with Gasteiger partial charge >= 0.3 is 0 Å². The third kappa shape index (κ3) is 2.43. The lowest BCUT2D eigenvalue weighted by Crippen LogP contribution is -2.49. The molecule has 0 spiro atoms. The Bertz CT molecular complexity index is 850. The fourth-order valence-electron chi connectivity index (χ4n) is 2.77. The summed E-state index contributed by atoms with van der Waals surface area (Å²) in [5.74, 6) is 2.48. The van der Waals surface area contributed by atoms with Crippen LogP contribution in [0.4, 0.5) is 5.82 Å². The lowest BCUT2D eigenvalue weighted by molar-refractivity contribution is 0.480. The van der Waals surface area contributed by atoms with Gasteiger partial charge in [-0.15, -0.1) is 11.3 Å². The van der Waals surface area contributed by atoms with Gasteiger partial charge < -0.3 is 10.2 Å². The first-order valence-electron chi connectivity index (χ1n) is 7.23. The van der Waals surface area contributed by atoms with Crippen LogP contribution in [-0.4, -0.2) is 45.3 Å². The zero-order valence-corrected chi connectivity index (χ0v) is 13.7. The molecule has 3 aromatic heterocycles. The van der Waals surface area contributed by atoms with Crippen LogP contribution in [0.3, 0.4) is 0 Å². The molecule has 4 rings (SSSR count). The number of hydrogen-bond donors (Lipinski definition) is 2. The monoisotopic (exact) mass is 332 g/mol. The number of anilines is 1. The number of nitrogens with zero attached hydrogens (tertiary/aromatic N) is 4. The number of H-pyrrole nitrogens is 1. The molecule has 1 unspecified atom stereocenters. The van der Waals surface area contributed by atoms with Gasteiger partial charge in [0.25, 0.3) is 5.78 Å². The van der Waals surface area contributed by atoms with Crippen LogP contribution in [0.15, 0.2) is 23.6 Å². The largest absolute Gasteiger partial charge is 0.354 e. The highest BCUT2D eigenvalue weighted by atomic mass is 32.1. The summed E-state index contributed by atoms with van der Waals surface area (Å²) in [6.07, 6.45) is 0. The Balaban J connectivity index is 1.85. The second-order valence-corrected chi connectivity index (χ2v) is 6.80. The minimum Gasteiger partial charge on any atom is -0.354 e. The van der Waals surface area contributed by atoms with Crippen molar-refractivity contribution in [1.82, 2.24) is 24.9 Å². The van der Waals surface area contributed by atoms with Crippen molar-refractivity contribution in [3.8, 4) is 10.7 Å². The number of thiophene rings is 1. The molecule has 1 fully saturated rings. The molecule has 114 valence electrons. The first-order chi connectivity index (χ1) is 10.7. The topological polar surface area (TPSA) is 61.2 Å². The number of nitrogens with one attached hydrogen (secondary N) is 2. The number of rotatable bonds is 2. The highest BCUT2D eigenvalue weighted by molar-refractivity contribution is 7.71. The summed E-state index contributed by atoms with van der Waals surface area (Å²) in [5.41, 5.74) is 0. The molecule has 1 saturated heterocycles. The molecule has 0 aliphatic carbocycles. The van der Waals surface area contributed by atoms with Gasteiger partial charge in [-0.2, -0.15) is 9.97 Å². The van der Waals surface area contributed by atoms with Crippen LogP contribution in [0.25, 0.3) is 16.5 Å². The Morgan fingerprint density at radius 3 is 3.09 bits per heavy atom. The smallest absolute Gasteiger partial charge is 0.254 e. The molecule has 0 aromatic carbocycles. The maximum Gasteiger partial charge on any atom is 0.254 e. The molecular weight excluding hydrogens is 316 g/mol. The molecule has 0 saturated carbocycles. The van der Waals surface area contributed by atoms with Crippen molar-refractivity contribution in [3.63, 3.8) is 0 Å². The molecule has 3 aromatic rings. The Labute approximate surface area is 136 Å². The zero-order valence-electron chi connectivity index (χ0n) is 12.1. The summed E-state index contributed by atoms with van der Waals surface area (Å²) in [6, 6.07) is 6.45. The lowest BCUT2D eigenvalue weighted by Gasteiger charge is -2.33. The second-order valence-electron chi connectivity index (χ2n) is 5.44. The third-order valence-electron chi connectivity index (χ3n) is 3.77. The number of aromatic nitrogens is 4. The maximum atomic E-state index is 5.32. The molecule has 2 N–H and O–H groups in total. The molecule has 0 radical (unpaired) electrons. The third-order valence-corrected chi connectivity index (χ3v) is 4.85. The molecule has 0 amide bonds. The number of piperazine rings is 1. The van der Waals surface area contributed by atoms with E-state index in [2.05, 4.69) is 32.2 Å². The van der Waals surface area contributed by atoms with Crippen molar-refractivity contribution in [3.05, 3.63) is 28.2 Å². The van der Waals surface area contributed by atoms with Crippen LogP contribution in [0, 0.1) is 4.64 Å². The highest BCUT2D eigenvalue weighted by Gasteiger charge is 2.20. The van der Waals surface area contributed by atoms with Gasteiger partial charge in [0.2, 0.25) is 0 Å². The fraction of sp³-hybridized carbons (Fsp3) is 0.357. The van der Waals surface area contributed by atoms with E-state index in [0.717, 1.165) is 36.2 Å². The normalized spacial score (nSPS) is 19.0. The molecule has 1 aliphatic rings. The summed E-state index contributed by atoms with van der Waals surface area (Å²) in [6.45, 7) is 5.03. The molecule has 8 heteroatoms. The van der Waals surface area contributed by atoms with Crippen LogP contribution in [0.2, 0.25) is 0 Å². The zero-order chi connectivity index (χ0) is 15.1. The van der Waals surface area contributed by atoms with Gasteiger partial charge in [-0.3, -0.25) is 5.10 Å². The van der Waals surface area contributed by atoms with E-state index in [1.54, 1.807) is 11.3 Å². The van der Waals surface area contributed by atoms with Crippen molar-refractivity contribution >= 4 is 35.2 Å². The van der Waals surface area contributed by atoms with E-state index in [1.807, 2.05) is 28.1 Å². The van der Waals surface area contributed by atoms with Crippen LogP contribution in [0.5, 0.6) is 0 Å². The molecule has 6 nitrogen and oxygen atoms in total. The van der Waals surface area contributed by atoms with Crippen LogP contribution in [0.1, 0.15) is 6.92 Å². The van der Waals surface area contributed by atoms with E-state index in [1.165, 1.54) is 0 Å². The van der Waals surface area contributed by atoms with E-state index >= 15 is 0 Å². The van der Waals surface area contributed by atoms with Gasteiger partial charge in [0, 0.05) is 31.7 Å². The SMILES string of the molecule is CC1CN(c2cc(=S)nc3nc(-c4cccs4)[nH]n23)CCN1. The van der Waals surface area contributed by atoms with E-state index in [-0.39, 0.29) is 0 Å². The molecule has 0 bridgehead atoms. The highest BCUT2D eigenvalue weighted by Crippen LogP contribution is 2.24.